The lowest BCUT2D eigenvalue weighted by atomic mass is 10.0. The van der Waals surface area contributed by atoms with Crippen LogP contribution in [0, 0.1) is 0 Å². The van der Waals surface area contributed by atoms with Gasteiger partial charge in [0.05, 0.1) is 0 Å². The Hall–Kier alpha value is -3.08. The van der Waals surface area contributed by atoms with Crippen LogP contribution in [-0.4, -0.2) is 11.1 Å². The number of phenols is 1. The molecular weight excluding hydrogens is 320 g/mol. The molecule has 5 heteroatoms. The second-order valence-electron chi connectivity index (χ2n) is 5.76. The number of rotatable bonds is 5. The summed E-state index contributed by atoms with van der Waals surface area (Å²) < 4.78 is 10.7. The number of hydrogen-bond acceptors (Lipinski definition) is 5. The third kappa shape index (κ3) is 3.71. The fourth-order valence-corrected chi connectivity index (χ4v) is 2.64. The predicted octanol–water partition coefficient (Wildman–Crippen LogP) is 4.20. The summed E-state index contributed by atoms with van der Waals surface area (Å²) in [6, 6.07) is 15.0. The Bertz CT molecular complexity index is 940. The van der Waals surface area contributed by atoms with Crippen LogP contribution in [0.5, 0.6) is 5.75 Å². The maximum atomic E-state index is 12.5. The molecule has 0 bridgehead atoms. The SMILES string of the molecule is CCCC(OC(=O)c1cc2ccccc2oc1=O)c1ccc(O)cc1. The summed E-state index contributed by atoms with van der Waals surface area (Å²) >= 11 is 0. The van der Waals surface area contributed by atoms with E-state index in [1.807, 2.05) is 6.92 Å². The van der Waals surface area contributed by atoms with Crippen LogP contribution in [0.2, 0.25) is 0 Å². The highest BCUT2D eigenvalue weighted by molar-refractivity contribution is 5.92. The molecule has 1 N–H and O–H groups in total. The number of phenolic OH excluding ortho intramolecular Hbond substituents is 1. The molecule has 0 aliphatic heterocycles. The molecule has 5 nitrogen and oxygen atoms in total. The van der Waals surface area contributed by atoms with Crippen molar-refractivity contribution in [3.63, 3.8) is 0 Å². The Labute approximate surface area is 144 Å². The highest BCUT2D eigenvalue weighted by Gasteiger charge is 2.21. The third-order valence-electron chi connectivity index (χ3n) is 3.93. The van der Waals surface area contributed by atoms with E-state index in [4.69, 9.17) is 9.15 Å². The minimum Gasteiger partial charge on any atom is -0.508 e. The summed E-state index contributed by atoms with van der Waals surface area (Å²) in [5, 5.41) is 10.1. The van der Waals surface area contributed by atoms with Gasteiger partial charge in [0.2, 0.25) is 0 Å². The molecule has 0 spiro atoms. The molecule has 1 unspecified atom stereocenters. The third-order valence-corrected chi connectivity index (χ3v) is 3.93. The lowest BCUT2D eigenvalue weighted by molar-refractivity contribution is 0.0270. The average Bonchev–Trinajstić information content (AvgIpc) is 2.61. The van der Waals surface area contributed by atoms with Gasteiger partial charge in [-0.1, -0.05) is 43.7 Å². The standard InChI is InChI=1S/C20H18O5/c1-2-5-17(13-8-10-15(21)11-9-13)24-19(22)16-12-14-6-3-4-7-18(14)25-20(16)23/h3-4,6-12,17,21H,2,5H2,1H3. The maximum Gasteiger partial charge on any atom is 0.351 e. The fraction of sp³-hybridized carbons (Fsp3) is 0.200. The maximum absolute atomic E-state index is 12.5. The molecule has 0 aliphatic rings. The van der Waals surface area contributed by atoms with Gasteiger partial charge in [0.1, 0.15) is 23.0 Å². The van der Waals surface area contributed by atoms with Crippen molar-refractivity contribution in [2.24, 2.45) is 0 Å². The van der Waals surface area contributed by atoms with Crippen molar-refractivity contribution in [2.45, 2.75) is 25.9 Å². The molecule has 0 aliphatic carbocycles. The van der Waals surface area contributed by atoms with E-state index in [0.29, 0.717) is 17.4 Å². The first-order valence-corrected chi connectivity index (χ1v) is 8.11. The smallest absolute Gasteiger partial charge is 0.351 e. The van der Waals surface area contributed by atoms with E-state index >= 15 is 0 Å². The Morgan fingerprint density at radius 1 is 1.16 bits per heavy atom. The van der Waals surface area contributed by atoms with Crippen LogP contribution in [0.3, 0.4) is 0 Å². The largest absolute Gasteiger partial charge is 0.508 e. The zero-order valence-electron chi connectivity index (χ0n) is 13.8. The van der Waals surface area contributed by atoms with Crippen LogP contribution in [0.4, 0.5) is 0 Å². The predicted molar refractivity (Wildman–Crippen MR) is 93.7 cm³/mol. The zero-order chi connectivity index (χ0) is 17.8. The van der Waals surface area contributed by atoms with Gasteiger partial charge in [0.25, 0.3) is 0 Å². The Kier molecular flexibility index (Phi) is 4.84. The summed E-state index contributed by atoms with van der Waals surface area (Å²) in [6.07, 6.45) is 0.907. The van der Waals surface area contributed by atoms with Crippen molar-refractivity contribution in [1.82, 2.24) is 0 Å². The molecule has 1 heterocycles. The van der Waals surface area contributed by atoms with E-state index in [1.54, 1.807) is 36.4 Å². The summed E-state index contributed by atoms with van der Waals surface area (Å²) in [6.45, 7) is 1.98. The summed E-state index contributed by atoms with van der Waals surface area (Å²) in [5.74, 6) is -0.577. The molecular formula is C20H18O5. The first-order chi connectivity index (χ1) is 12.1. The van der Waals surface area contributed by atoms with E-state index in [9.17, 15) is 14.7 Å². The minimum absolute atomic E-state index is 0.126. The number of hydrogen-bond donors (Lipinski definition) is 1. The van der Waals surface area contributed by atoms with Crippen molar-refractivity contribution < 1.29 is 19.1 Å². The van der Waals surface area contributed by atoms with Crippen molar-refractivity contribution in [1.29, 1.82) is 0 Å². The second-order valence-corrected chi connectivity index (χ2v) is 5.76. The minimum atomic E-state index is -0.718. The number of fused-ring (bicyclic) bond motifs is 1. The number of carbonyl (C=O) groups is 1. The van der Waals surface area contributed by atoms with Crippen LogP contribution in [0.1, 0.15) is 41.8 Å². The van der Waals surface area contributed by atoms with E-state index in [2.05, 4.69) is 0 Å². The Balaban J connectivity index is 1.90. The fourth-order valence-electron chi connectivity index (χ4n) is 2.64. The molecule has 3 aromatic rings. The number of benzene rings is 2. The molecule has 0 saturated heterocycles. The highest BCUT2D eigenvalue weighted by Crippen LogP contribution is 2.26. The van der Waals surface area contributed by atoms with Gasteiger partial charge in [-0.2, -0.15) is 0 Å². The van der Waals surface area contributed by atoms with Gasteiger partial charge in [-0.25, -0.2) is 9.59 Å². The Morgan fingerprint density at radius 3 is 2.60 bits per heavy atom. The molecule has 0 saturated carbocycles. The van der Waals surface area contributed by atoms with Crippen molar-refractivity contribution in [3.05, 3.63) is 76.1 Å². The highest BCUT2D eigenvalue weighted by atomic mass is 16.5. The van der Waals surface area contributed by atoms with Gasteiger partial charge < -0.3 is 14.3 Å². The number of aromatic hydroxyl groups is 1. The first-order valence-electron chi connectivity index (χ1n) is 8.11. The van der Waals surface area contributed by atoms with Crippen molar-refractivity contribution in [3.8, 4) is 5.75 Å². The Morgan fingerprint density at radius 2 is 1.88 bits per heavy atom. The number of carbonyl (C=O) groups excluding carboxylic acids is 1. The lowest BCUT2D eigenvalue weighted by Crippen LogP contribution is -2.19. The molecule has 0 amide bonds. The van der Waals surface area contributed by atoms with Gasteiger partial charge in [0.15, 0.2) is 0 Å². The molecule has 25 heavy (non-hydrogen) atoms. The van der Waals surface area contributed by atoms with E-state index in [-0.39, 0.29) is 11.3 Å². The molecule has 2 aromatic carbocycles. The molecule has 1 aromatic heterocycles. The van der Waals surface area contributed by atoms with Crippen LogP contribution in [0.25, 0.3) is 11.0 Å². The van der Waals surface area contributed by atoms with E-state index < -0.39 is 17.7 Å². The van der Waals surface area contributed by atoms with Crippen LogP contribution < -0.4 is 5.63 Å². The molecule has 128 valence electrons. The molecule has 3 rings (SSSR count). The summed E-state index contributed by atoms with van der Waals surface area (Å²) in [7, 11) is 0. The first kappa shape index (κ1) is 16.8. The normalized spacial score (nSPS) is 12.0. The quantitative estimate of drug-likeness (QED) is 0.557. The van der Waals surface area contributed by atoms with Crippen LogP contribution >= 0.6 is 0 Å². The molecule has 0 radical (unpaired) electrons. The van der Waals surface area contributed by atoms with E-state index in [1.165, 1.54) is 18.2 Å². The van der Waals surface area contributed by atoms with Gasteiger partial charge in [-0.15, -0.1) is 0 Å². The van der Waals surface area contributed by atoms with Gasteiger partial charge in [0, 0.05) is 5.39 Å². The molecule has 1 atom stereocenters. The number of ether oxygens (including phenoxy) is 1. The number of esters is 1. The van der Waals surface area contributed by atoms with Crippen molar-refractivity contribution in [2.75, 3.05) is 0 Å². The number of para-hydroxylation sites is 1. The average molecular weight is 338 g/mol. The monoisotopic (exact) mass is 338 g/mol. The summed E-state index contributed by atoms with van der Waals surface area (Å²) in [5.41, 5.74) is 0.342. The zero-order valence-corrected chi connectivity index (χ0v) is 13.8. The second kappa shape index (κ2) is 7.21. The van der Waals surface area contributed by atoms with Gasteiger partial charge >= 0.3 is 11.6 Å². The molecule has 0 fully saturated rings. The summed E-state index contributed by atoms with van der Waals surface area (Å²) in [4.78, 5) is 24.6. The van der Waals surface area contributed by atoms with Crippen LogP contribution in [0.15, 0.2) is 63.8 Å². The van der Waals surface area contributed by atoms with Gasteiger partial charge in [-0.3, -0.25) is 0 Å². The van der Waals surface area contributed by atoms with Gasteiger partial charge in [-0.05, 0) is 36.2 Å². The van der Waals surface area contributed by atoms with Crippen molar-refractivity contribution >= 4 is 16.9 Å². The van der Waals surface area contributed by atoms with E-state index in [0.717, 1.165) is 12.0 Å². The van der Waals surface area contributed by atoms with Crippen LogP contribution in [-0.2, 0) is 4.74 Å². The topological polar surface area (TPSA) is 76.7 Å². The lowest BCUT2D eigenvalue weighted by Gasteiger charge is -2.17.